The lowest BCUT2D eigenvalue weighted by molar-refractivity contribution is -0.149. The Kier molecular flexibility index (Phi) is 5.40. The molecule has 1 fully saturated rings. The Bertz CT molecular complexity index is 254. The summed E-state index contributed by atoms with van der Waals surface area (Å²) in [6, 6.07) is 0. The molecule has 0 amide bonds. The molecule has 0 radical (unpaired) electrons. The quantitative estimate of drug-likeness (QED) is 0.715. The van der Waals surface area contributed by atoms with Crippen LogP contribution in [-0.4, -0.2) is 42.6 Å². The van der Waals surface area contributed by atoms with E-state index in [1.807, 2.05) is 0 Å². The van der Waals surface area contributed by atoms with Gasteiger partial charge in [-0.2, -0.15) is 0 Å². The van der Waals surface area contributed by atoms with Crippen molar-refractivity contribution in [3.8, 4) is 0 Å². The highest BCUT2D eigenvalue weighted by Gasteiger charge is 2.34. The fourth-order valence-corrected chi connectivity index (χ4v) is 2.53. The standard InChI is InChI=1S/C13H26N2O2/c1-4-6-11-7-8-15(9-11)10-13(3,14)12(16)17-5-2/h11H,4-10,14H2,1-3H3. The molecule has 0 bridgehead atoms. The van der Waals surface area contributed by atoms with Gasteiger partial charge in [0.2, 0.25) is 0 Å². The third-order valence-corrected chi connectivity index (χ3v) is 3.36. The fraction of sp³-hybridized carbons (Fsp3) is 0.923. The van der Waals surface area contributed by atoms with Crippen molar-refractivity contribution in [3.63, 3.8) is 0 Å². The summed E-state index contributed by atoms with van der Waals surface area (Å²) in [5.41, 5.74) is 5.15. The van der Waals surface area contributed by atoms with Crippen LogP contribution in [0.3, 0.4) is 0 Å². The molecule has 1 aliphatic heterocycles. The van der Waals surface area contributed by atoms with E-state index in [0.29, 0.717) is 13.2 Å². The first kappa shape index (κ1) is 14.5. The SMILES string of the molecule is CCCC1CCN(CC(C)(N)C(=O)OCC)C1. The van der Waals surface area contributed by atoms with Crippen molar-refractivity contribution in [3.05, 3.63) is 0 Å². The summed E-state index contributed by atoms with van der Waals surface area (Å²) in [7, 11) is 0. The topological polar surface area (TPSA) is 55.6 Å². The normalized spacial score (nSPS) is 24.6. The zero-order chi connectivity index (χ0) is 12.9. The van der Waals surface area contributed by atoms with E-state index in [9.17, 15) is 4.79 Å². The number of esters is 1. The molecule has 0 aromatic heterocycles. The van der Waals surface area contributed by atoms with E-state index in [1.54, 1.807) is 13.8 Å². The highest BCUT2D eigenvalue weighted by molar-refractivity contribution is 5.80. The second-order valence-electron chi connectivity index (χ2n) is 5.32. The Labute approximate surface area is 104 Å². The number of nitrogens with two attached hydrogens (primary N) is 1. The van der Waals surface area contributed by atoms with Crippen molar-refractivity contribution in [2.75, 3.05) is 26.2 Å². The van der Waals surface area contributed by atoms with Gasteiger partial charge < -0.3 is 15.4 Å². The Balaban J connectivity index is 2.41. The average molecular weight is 242 g/mol. The summed E-state index contributed by atoms with van der Waals surface area (Å²) in [5.74, 6) is 0.483. The van der Waals surface area contributed by atoms with Gasteiger partial charge in [0, 0.05) is 13.1 Å². The number of rotatable bonds is 6. The van der Waals surface area contributed by atoms with Gasteiger partial charge in [-0.3, -0.25) is 4.79 Å². The number of carbonyl (C=O) groups excluding carboxylic acids is 1. The minimum Gasteiger partial charge on any atom is -0.465 e. The number of hydrogen-bond donors (Lipinski definition) is 1. The number of ether oxygens (including phenoxy) is 1. The molecule has 0 aromatic carbocycles. The molecule has 2 atom stereocenters. The van der Waals surface area contributed by atoms with Crippen LogP contribution in [0.1, 0.15) is 40.0 Å². The first-order valence-corrected chi connectivity index (χ1v) is 6.68. The molecular formula is C13H26N2O2. The maximum Gasteiger partial charge on any atom is 0.327 e. The van der Waals surface area contributed by atoms with Gasteiger partial charge >= 0.3 is 5.97 Å². The first-order valence-electron chi connectivity index (χ1n) is 6.68. The summed E-state index contributed by atoms with van der Waals surface area (Å²) >= 11 is 0. The molecule has 100 valence electrons. The molecule has 0 spiro atoms. The zero-order valence-electron chi connectivity index (χ0n) is 11.4. The molecule has 1 aliphatic rings. The Hall–Kier alpha value is -0.610. The zero-order valence-corrected chi connectivity index (χ0v) is 11.4. The van der Waals surface area contributed by atoms with Crippen LogP contribution in [0.15, 0.2) is 0 Å². The smallest absolute Gasteiger partial charge is 0.327 e. The van der Waals surface area contributed by atoms with Crippen molar-refractivity contribution in [1.29, 1.82) is 0 Å². The van der Waals surface area contributed by atoms with E-state index in [4.69, 9.17) is 10.5 Å². The Morgan fingerprint density at radius 2 is 2.24 bits per heavy atom. The van der Waals surface area contributed by atoms with Crippen LogP contribution >= 0.6 is 0 Å². The van der Waals surface area contributed by atoms with E-state index in [-0.39, 0.29) is 5.97 Å². The molecule has 2 N–H and O–H groups in total. The molecule has 1 heterocycles. The highest BCUT2D eigenvalue weighted by atomic mass is 16.5. The van der Waals surface area contributed by atoms with Gasteiger partial charge in [-0.1, -0.05) is 13.3 Å². The molecule has 1 rings (SSSR count). The average Bonchev–Trinajstić information content (AvgIpc) is 2.66. The van der Waals surface area contributed by atoms with Gasteiger partial charge in [-0.25, -0.2) is 0 Å². The molecule has 4 nitrogen and oxygen atoms in total. The number of likely N-dealkylation sites (tertiary alicyclic amines) is 1. The monoisotopic (exact) mass is 242 g/mol. The fourth-order valence-electron chi connectivity index (χ4n) is 2.53. The molecule has 4 heteroatoms. The van der Waals surface area contributed by atoms with Crippen molar-refractivity contribution in [2.24, 2.45) is 11.7 Å². The van der Waals surface area contributed by atoms with Crippen molar-refractivity contribution in [2.45, 2.75) is 45.6 Å². The molecule has 1 saturated heterocycles. The Morgan fingerprint density at radius 3 is 2.82 bits per heavy atom. The van der Waals surface area contributed by atoms with Crippen LogP contribution in [0.5, 0.6) is 0 Å². The minimum absolute atomic E-state index is 0.293. The second-order valence-corrected chi connectivity index (χ2v) is 5.32. The number of carbonyl (C=O) groups is 1. The van der Waals surface area contributed by atoms with Crippen molar-refractivity contribution >= 4 is 5.97 Å². The lowest BCUT2D eigenvalue weighted by atomic mass is 10.0. The number of nitrogens with zero attached hydrogens (tertiary/aromatic N) is 1. The molecule has 0 aliphatic carbocycles. The maximum absolute atomic E-state index is 11.7. The van der Waals surface area contributed by atoms with Gasteiger partial charge in [0.1, 0.15) is 5.54 Å². The molecule has 0 saturated carbocycles. The summed E-state index contributed by atoms with van der Waals surface area (Å²) in [4.78, 5) is 14.0. The predicted molar refractivity (Wildman–Crippen MR) is 68.7 cm³/mol. The maximum atomic E-state index is 11.7. The second kappa shape index (κ2) is 6.36. The van der Waals surface area contributed by atoms with Gasteiger partial charge in [-0.05, 0) is 39.2 Å². The van der Waals surface area contributed by atoms with Gasteiger partial charge in [0.25, 0.3) is 0 Å². The number of hydrogen-bond acceptors (Lipinski definition) is 4. The predicted octanol–water partition coefficient (Wildman–Crippen LogP) is 1.39. The minimum atomic E-state index is -0.878. The van der Waals surface area contributed by atoms with E-state index in [1.165, 1.54) is 19.3 Å². The molecular weight excluding hydrogens is 216 g/mol. The molecule has 17 heavy (non-hydrogen) atoms. The summed E-state index contributed by atoms with van der Waals surface area (Å²) < 4.78 is 5.00. The summed E-state index contributed by atoms with van der Waals surface area (Å²) in [5, 5.41) is 0. The van der Waals surface area contributed by atoms with Crippen LogP contribution in [0.4, 0.5) is 0 Å². The van der Waals surface area contributed by atoms with Crippen molar-refractivity contribution < 1.29 is 9.53 Å². The lowest BCUT2D eigenvalue weighted by Gasteiger charge is -2.28. The van der Waals surface area contributed by atoms with E-state index >= 15 is 0 Å². The third kappa shape index (κ3) is 4.28. The van der Waals surface area contributed by atoms with Crippen LogP contribution in [-0.2, 0) is 9.53 Å². The van der Waals surface area contributed by atoms with Crippen LogP contribution in [0.2, 0.25) is 0 Å². The van der Waals surface area contributed by atoms with Gasteiger partial charge in [0.05, 0.1) is 6.61 Å². The highest BCUT2D eigenvalue weighted by Crippen LogP contribution is 2.22. The van der Waals surface area contributed by atoms with Crippen LogP contribution < -0.4 is 5.73 Å². The largest absolute Gasteiger partial charge is 0.465 e. The van der Waals surface area contributed by atoms with Crippen LogP contribution in [0.25, 0.3) is 0 Å². The van der Waals surface area contributed by atoms with Crippen molar-refractivity contribution in [1.82, 2.24) is 4.90 Å². The molecule has 2 unspecified atom stereocenters. The van der Waals surface area contributed by atoms with E-state index < -0.39 is 5.54 Å². The van der Waals surface area contributed by atoms with E-state index in [0.717, 1.165) is 19.0 Å². The van der Waals surface area contributed by atoms with Crippen LogP contribution in [0, 0.1) is 5.92 Å². The lowest BCUT2D eigenvalue weighted by Crippen LogP contribution is -2.54. The first-order chi connectivity index (χ1) is 7.99. The van der Waals surface area contributed by atoms with Gasteiger partial charge in [-0.15, -0.1) is 0 Å². The van der Waals surface area contributed by atoms with E-state index in [2.05, 4.69) is 11.8 Å². The third-order valence-electron chi connectivity index (χ3n) is 3.36. The Morgan fingerprint density at radius 1 is 1.53 bits per heavy atom. The summed E-state index contributed by atoms with van der Waals surface area (Å²) in [6.07, 6.45) is 3.74. The summed E-state index contributed by atoms with van der Waals surface area (Å²) in [6.45, 7) is 8.90. The molecule has 0 aromatic rings. The van der Waals surface area contributed by atoms with Gasteiger partial charge in [0.15, 0.2) is 0 Å².